The summed E-state index contributed by atoms with van der Waals surface area (Å²) in [5, 5.41) is 2.63. The molecule has 0 spiro atoms. The molecule has 1 N–H and O–H groups in total. The van der Waals surface area contributed by atoms with E-state index in [0.29, 0.717) is 10.6 Å². The van der Waals surface area contributed by atoms with Crippen molar-refractivity contribution in [2.75, 3.05) is 0 Å². The number of carbonyl (C=O) groups is 5. The van der Waals surface area contributed by atoms with Crippen LogP contribution >= 0.6 is 0 Å². The number of nitrogens with zero attached hydrogens (tertiary/aromatic N) is 1. The molecule has 0 unspecified atom stereocenters. The lowest BCUT2D eigenvalue weighted by atomic mass is 10.2. The predicted molar refractivity (Wildman–Crippen MR) is 101 cm³/mol. The quantitative estimate of drug-likeness (QED) is 0.521. The van der Waals surface area contributed by atoms with Crippen molar-refractivity contribution in [3.05, 3.63) is 35.9 Å². The highest BCUT2D eigenvalue weighted by atomic mass is 16.7. The van der Waals surface area contributed by atoms with Gasteiger partial charge in [-0.05, 0) is 26.3 Å². The number of benzene rings is 1. The summed E-state index contributed by atoms with van der Waals surface area (Å²) in [5.41, 5.74) is -0.130. The largest absolute Gasteiger partial charge is 0.459 e. The molecule has 1 atom stereocenters. The molecule has 1 fully saturated rings. The van der Waals surface area contributed by atoms with Crippen molar-refractivity contribution >= 4 is 29.8 Å². The fourth-order valence-electron chi connectivity index (χ4n) is 2.44. The second-order valence-electron chi connectivity index (χ2n) is 7.54. The summed E-state index contributed by atoms with van der Waals surface area (Å²) in [4.78, 5) is 64.6. The van der Waals surface area contributed by atoms with Crippen LogP contribution in [-0.4, -0.2) is 46.6 Å². The summed E-state index contributed by atoms with van der Waals surface area (Å²) in [6.07, 6.45) is -1.73. The minimum Gasteiger partial charge on any atom is -0.459 e. The minimum atomic E-state index is -1.44. The lowest BCUT2D eigenvalue weighted by Crippen LogP contribution is -2.46. The van der Waals surface area contributed by atoms with Crippen molar-refractivity contribution in [3.63, 3.8) is 0 Å². The highest BCUT2D eigenvalue weighted by Gasteiger charge is 2.35. The molecular weight excluding hydrogens is 396 g/mol. The minimum absolute atomic E-state index is 0.0647. The predicted octanol–water partition coefficient (Wildman–Crippen LogP) is 1.62. The van der Waals surface area contributed by atoms with Crippen LogP contribution < -0.4 is 5.32 Å². The average Bonchev–Trinajstić information content (AvgIpc) is 2.97. The zero-order chi connectivity index (χ0) is 22.3. The zero-order valence-electron chi connectivity index (χ0n) is 17.0. The fourth-order valence-corrected chi connectivity index (χ4v) is 2.44. The van der Waals surface area contributed by atoms with Gasteiger partial charge in [0.2, 0.25) is 0 Å². The molecule has 0 saturated carbocycles. The maximum Gasteiger partial charge on any atom is 0.408 e. The van der Waals surface area contributed by atoms with E-state index in [4.69, 9.17) is 14.3 Å². The van der Waals surface area contributed by atoms with Crippen molar-refractivity contribution in [2.45, 2.75) is 58.3 Å². The van der Waals surface area contributed by atoms with Gasteiger partial charge in [-0.1, -0.05) is 30.3 Å². The van der Waals surface area contributed by atoms with E-state index < -0.39 is 47.9 Å². The number of hydrogen-bond acceptors (Lipinski definition) is 8. The van der Waals surface area contributed by atoms with E-state index in [-0.39, 0.29) is 19.4 Å². The van der Waals surface area contributed by atoms with Crippen LogP contribution in [0.1, 0.15) is 45.6 Å². The molecule has 162 valence electrons. The van der Waals surface area contributed by atoms with Crippen molar-refractivity contribution in [1.82, 2.24) is 10.4 Å². The third-order valence-corrected chi connectivity index (χ3v) is 3.77. The number of ether oxygens (including phenoxy) is 2. The molecule has 1 heterocycles. The Hall–Kier alpha value is -3.43. The number of imide groups is 1. The molecule has 0 aliphatic carbocycles. The maximum absolute atomic E-state index is 12.5. The smallest absolute Gasteiger partial charge is 0.408 e. The molecular formula is C20H24N2O8. The Balaban J connectivity index is 2.02. The Labute approximate surface area is 173 Å². The van der Waals surface area contributed by atoms with Crippen LogP contribution in [0.3, 0.4) is 0 Å². The first-order valence-electron chi connectivity index (χ1n) is 9.32. The number of hydrogen-bond donors (Lipinski definition) is 1. The first-order chi connectivity index (χ1) is 14.0. The molecule has 1 aliphatic rings. The lowest BCUT2D eigenvalue weighted by molar-refractivity contribution is -0.198. The van der Waals surface area contributed by atoms with E-state index in [1.54, 1.807) is 51.1 Å². The molecule has 30 heavy (non-hydrogen) atoms. The van der Waals surface area contributed by atoms with E-state index in [0.717, 1.165) is 0 Å². The molecule has 0 bridgehead atoms. The molecule has 1 aromatic carbocycles. The van der Waals surface area contributed by atoms with Crippen LogP contribution in [0, 0.1) is 0 Å². The summed E-state index contributed by atoms with van der Waals surface area (Å²) in [5.74, 6) is -3.27. The number of esters is 1. The number of amides is 3. The fraction of sp³-hybridized carbons (Fsp3) is 0.450. The van der Waals surface area contributed by atoms with E-state index in [9.17, 15) is 24.0 Å². The zero-order valence-corrected chi connectivity index (χ0v) is 17.0. The summed E-state index contributed by atoms with van der Waals surface area (Å²) in [6.45, 7) is 4.82. The number of alkyl carbamates (subject to hydrolysis) is 1. The third kappa shape index (κ3) is 7.19. The molecule has 1 aliphatic heterocycles. The van der Waals surface area contributed by atoms with E-state index >= 15 is 0 Å². The number of rotatable bonds is 7. The SMILES string of the molecule is CC(C)(C)OC(=O)N[C@@H](CC(=O)ON1C(=O)CCC1=O)C(=O)OCc1ccccc1. The summed E-state index contributed by atoms with van der Waals surface area (Å²) in [6, 6.07) is 7.37. The van der Waals surface area contributed by atoms with Crippen LogP contribution in [0.2, 0.25) is 0 Å². The van der Waals surface area contributed by atoms with Gasteiger partial charge in [0.1, 0.15) is 18.2 Å². The standard InChI is InChI=1S/C20H24N2O8/c1-20(2,3)29-19(27)21-14(18(26)28-12-13-7-5-4-6-8-13)11-17(25)30-22-15(23)9-10-16(22)24/h4-8,14H,9-12H2,1-3H3,(H,21,27)/t14-/m0/s1. The molecule has 10 heteroatoms. The van der Waals surface area contributed by atoms with Gasteiger partial charge < -0.3 is 19.6 Å². The number of hydroxylamine groups is 2. The van der Waals surface area contributed by atoms with E-state index in [1.807, 2.05) is 0 Å². The Morgan fingerprint density at radius 1 is 1.07 bits per heavy atom. The van der Waals surface area contributed by atoms with Crippen LogP contribution in [0.15, 0.2) is 30.3 Å². The first-order valence-corrected chi connectivity index (χ1v) is 9.32. The van der Waals surface area contributed by atoms with Crippen molar-refractivity contribution < 1.29 is 38.3 Å². The van der Waals surface area contributed by atoms with Gasteiger partial charge >= 0.3 is 18.0 Å². The number of nitrogens with one attached hydrogen (secondary N) is 1. The van der Waals surface area contributed by atoms with Crippen molar-refractivity contribution in [1.29, 1.82) is 0 Å². The Bertz CT molecular complexity index is 800. The highest BCUT2D eigenvalue weighted by Crippen LogP contribution is 2.14. The van der Waals surface area contributed by atoms with E-state index in [1.165, 1.54) is 0 Å². The van der Waals surface area contributed by atoms with Gasteiger partial charge in [-0.25, -0.2) is 14.4 Å². The van der Waals surface area contributed by atoms with E-state index in [2.05, 4.69) is 5.32 Å². The topological polar surface area (TPSA) is 128 Å². The molecule has 1 saturated heterocycles. The van der Waals surface area contributed by atoms with Crippen molar-refractivity contribution in [3.8, 4) is 0 Å². The maximum atomic E-state index is 12.5. The molecule has 1 aromatic rings. The monoisotopic (exact) mass is 420 g/mol. The second kappa shape index (κ2) is 9.86. The van der Waals surface area contributed by atoms with Crippen LogP contribution in [0.4, 0.5) is 4.79 Å². The summed E-state index contributed by atoms with van der Waals surface area (Å²) < 4.78 is 10.3. The highest BCUT2D eigenvalue weighted by molar-refractivity contribution is 6.01. The van der Waals surface area contributed by atoms with Gasteiger partial charge in [0.15, 0.2) is 0 Å². The normalized spacial score (nSPS) is 14.8. The Morgan fingerprint density at radius 2 is 1.67 bits per heavy atom. The molecule has 3 amide bonds. The van der Waals surface area contributed by atoms with Gasteiger partial charge in [0.25, 0.3) is 11.8 Å². The lowest BCUT2D eigenvalue weighted by Gasteiger charge is -2.23. The average molecular weight is 420 g/mol. The van der Waals surface area contributed by atoms with Crippen LogP contribution in [0.25, 0.3) is 0 Å². The molecule has 10 nitrogen and oxygen atoms in total. The molecule has 0 aromatic heterocycles. The third-order valence-electron chi connectivity index (χ3n) is 3.77. The van der Waals surface area contributed by atoms with Crippen LogP contribution in [-0.2, 0) is 40.1 Å². The summed E-state index contributed by atoms with van der Waals surface area (Å²) >= 11 is 0. The number of carbonyl (C=O) groups excluding carboxylic acids is 5. The van der Waals surface area contributed by atoms with Crippen molar-refractivity contribution in [2.24, 2.45) is 0 Å². The molecule has 0 radical (unpaired) electrons. The second-order valence-corrected chi connectivity index (χ2v) is 7.54. The Kier molecular flexibility index (Phi) is 7.51. The molecule has 2 rings (SSSR count). The summed E-state index contributed by atoms with van der Waals surface area (Å²) in [7, 11) is 0. The van der Waals surface area contributed by atoms with Crippen LogP contribution in [0.5, 0.6) is 0 Å². The van der Waals surface area contributed by atoms with Gasteiger partial charge in [0.05, 0.1) is 6.42 Å². The first kappa shape index (κ1) is 22.9. The Morgan fingerprint density at radius 3 is 2.23 bits per heavy atom. The van der Waals surface area contributed by atoms with Gasteiger partial charge in [-0.15, -0.1) is 5.06 Å². The van der Waals surface area contributed by atoms with Gasteiger partial charge in [0, 0.05) is 12.8 Å². The van der Waals surface area contributed by atoms with Gasteiger partial charge in [-0.3, -0.25) is 9.59 Å². The van der Waals surface area contributed by atoms with Gasteiger partial charge in [-0.2, -0.15) is 0 Å².